The molecule has 1 aliphatic carbocycles. The zero-order valence-electron chi connectivity index (χ0n) is 12.7. The van der Waals surface area contributed by atoms with Crippen LogP contribution in [0.4, 0.5) is 8.78 Å². The van der Waals surface area contributed by atoms with Crippen molar-refractivity contribution in [3.05, 3.63) is 0 Å². The number of carboxylic acids is 1. The summed E-state index contributed by atoms with van der Waals surface area (Å²) in [7, 11) is 0. The number of halogens is 2. The maximum Gasteiger partial charge on any atom is 0.310 e. The summed E-state index contributed by atoms with van der Waals surface area (Å²) in [4.78, 5) is 11.4. The van der Waals surface area contributed by atoms with E-state index in [0.29, 0.717) is 32.2 Å². The minimum atomic E-state index is -2.51. The van der Waals surface area contributed by atoms with Crippen LogP contribution in [-0.2, 0) is 4.79 Å². The Labute approximate surface area is 120 Å². The molecule has 5 heteroatoms. The van der Waals surface area contributed by atoms with E-state index in [1.165, 1.54) is 0 Å². The van der Waals surface area contributed by atoms with E-state index in [9.17, 15) is 18.7 Å². The van der Waals surface area contributed by atoms with E-state index in [1.807, 2.05) is 20.8 Å². The SMILES string of the molecule is CCC(CC)(CNC(C)C1CCC(F)(F)CC1)C(=O)O. The van der Waals surface area contributed by atoms with Crippen molar-refractivity contribution < 1.29 is 18.7 Å². The van der Waals surface area contributed by atoms with Crippen molar-refractivity contribution >= 4 is 5.97 Å². The second kappa shape index (κ2) is 6.83. The Morgan fingerprint density at radius 2 is 1.85 bits per heavy atom. The van der Waals surface area contributed by atoms with Crippen LogP contribution in [0.2, 0.25) is 0 Å². The fourth-order valence-electron chi connectivity index (χ4n) is 2.96. The van der Waals surface area contributed by atoms with Crippen LogP contribution in [0.15, 0.2) is 0 Å². The first-order chi connectivity index (χ1) is 9.26. The molecule has 1 unspecified atom stereocenters. The molecule has 1 saturated carbocycles. The Balaban J connectivity index is 2.50. The third-order valence-electron chi connectivity index (χ3n) is 5.04. The minimum Gasteiger partial charge on any atom is -0.481 e. The first-order valence-electron chi connectivity index (χ1n) is 7.61. The van der Waals surface area contributed by atoms with Crippen LogP contribution in [0.5, 0.6) is 0 Å². The Morgan fingerprint density at radius 1 is 1.35 bits per heavy atom. The molecular weight excluding hydrogens is 264 g/mol. The van der Waals surface area contributed by atoms with Crippen LogP contribution in [0.25, 0.3) is 0 Å². The molecule has 0 bridgehead atoms. The number of hydrogen-bond acceptors (Lipinski definition) is 2. The Hall–Kier alpha value is -0.710. The number of hydrogen-bond donors (Lipinski definition) is 2. The highest BCUT2D eigenvalue weighted by Gasteiger charge is 2.38. The summed E-state index contributed by atoms with van der Waals surface area (Å²) >= 11 is 0. The summed E-state index contributed by atoms with van der Waals surface area (Å²) < 4.78 is 26.3. The van der Waals surface area contributed by atoms with Gasteiger partial charge in [-0.3, -0.25) is 4.79 Å². The van der Waals surface area contributed by atoms with Gasteiger partial charge in [0, 0.05) is 25.4 Å². The lowest BCUT2D eigenvalue weighted by Crippen LogP contribution is -2.46. The molecule has 0 amide bonds. The zero-order valence-corrected chi connectivity index (χ0v) is 12.7. The zero-order chi connectivity index (χ0) is 15.4. The fraction of sp³-hybridized carbons (Fsp3) is 0.933. The molecule has 0 aromatic heterocycles. The molecule has 1 fully saturated rings. The van der Waals surface area contributed by atoms with Crippen molar-refractivity contribution in [3.63, 3.8) is 0 Å². The Morgan fingerprint density at radius 3 is 2.25 bits per heavy atom. The van der Waals surface area contributed by atoms with Gasteiger partial charge in [0.15, 0.2) is 0 Å². The van der Waals surface area contributed by atoms with E-state index >= 15 is 0 Å². The standard InChI is InChI=1S/C15H27F2NO2/c1-4-14(5-2,13(19)20)10-18-11(3)12-6-8-15(16,17)9-7-12/h11-12,18H,4-10H2,1-3H3,(H,19,20). The van der Waals surface area contributed by atoms with Crippen LogP contribution < -0.4 is 5.32 Å². The minimum absolute atomic E-state index is 0.0463. The predicted molar refractivity (Wildman–Crippen MR) is 75.0 cm³/mol. The van der Waals surface area contributed by atoms with E-state index in [1.54, 1.807) is 0 Å². The van der Waals surface area contributed by atoms with Gasteiger partial charge < -0.3 is 10.4 Å². The highest BCUT2D eigenvalue weighted by molar-refractivity contribution is 5.74. The number of alkyl halides is 2. The second-order valence-corrected chi connectivity index (χ2v) is 6.16. The smallest absolute Gasteiger partial charge is 0.310 e. The summed E-state index contributed by atoms with van der Waals surface area (Å²) in [6.45, 7) is 6.14. The van der Waals surface area contributed by atoms with E-state index in [-0.39, 0.29) is 24.8 Å². The molecule has 0 saturated heterocycles. The van der Waals surface area contributed by atoms with Gasteiger partial charge in [0.05, 0.1) is 5.41 Å². The number of carboxylic acid groups (broad SMARTS) is 1. The van der Waals surface area contributed by atoms with Gasteiger partial charge in [-0.15, -0.1) is 0 Å². The molecule has 1 atom stereocenters. The van der Waals surface area contributed by atoms with Crippen molar-refractivity contribution in [1.29, 1.82) is 0 Å². The van der Waals surface area contributed by atoms with Gasteiger partial charge in [0.25, 0.3) is 0 Å². The number of rotatable bonds is 7. The first-order valence-corrected chi connectivity index (χ1v) is 7.61. The molecular formula is C15H27F2NO2. The molecule has 118 valence electrons. The molecule has 0 aliphatic heterocycles. The van der Waals surface area contributed by atoms with E-state index < -0.39 is 17.3 Å². The van der Waals surface area contributed by atoms with Crippen LogP contribution in [0, 0.1) is 11.3 Å². The molecule has 0 heterocycles. The number of nitrogens with one attached hydrogen (secondary N) is 1. The highest BCUT2D eigenvalue weighted by atomic mass is 19.3. The summed E-state index contributed by atoms with van der Waals surface area (Å²) in [6, 6.07) is 0.0860. The molecule has 20 heavy (non-hydrogen) atoms. The van der Waals surface area contributed by atoms with Crippen molar-refractivity contribution in [1.82, 2.24) is 5.32 Å². The largest absolute Gasteiger partial charge is 0.481 e. The summed E-state index contributed by atoms with van der Waals surface area (Å²) in [5, 5.41) is 12.7. The van der Waals surface area contributed by atoms with Crippen molar-refractivity contribution in [2.24, 2.45) is 11.3 Å². The summed E-state index contributed by atoms with van der Waals surface area (Å²) in [5.41, 5.74) is -0.743. The van der Waals surface area contributed by atoms with Gasteiger partial charge in [-0.25, -0.2) is 8.78 Å². The lowest BCUT2D eigenvalue weighted by Gasteiger charge is -2.35. The fourth-order valence-corrected chi connectivity index (χ4v) is 2.96. The van der Waals surface area contributed by atoms with Gasteiger partial charge in [-0.1, -0.05) is 13.8 Å². The van der Waals surface area contributed by atoms with E-state index in [4.69, 9.17) is 0 Å². The van der Waals surface area contributed by atoms with Gasteiger partial charge in [0.1, 0.15) is 0 Å². The van der Waals surface area contributed by atoms with E-state index in [0.717, 1.165) is 0 Å². The Bertz CT molecular complexity index is 320. The normalized spacial score (nSPS) is 21.6. The lowest BCUT2D eigenvalue weighted by molar-refractivity contribution is -0.149. The average Bonchev–Trinajstić information content (AvgIpc) is 2.39. The first kappa shape index (κ1) is 17.3. The van der Waals surface area contributed by atoms with Crippen LogP contribution in [0.3, 0.4) is 0 Å². The summed E-state index contributed by atoms with van der Waals surface area (Å²) in [6.07, 6.45) is 2.08. The van der Waals surface area contributed by atoms with Crippen molar-refractivity contribution in [3.8, 4) is 0 Å². The molecule has 1 rings (SSSR count). The molecule has 0 radical (unpaired) electrons. The molecule has 2 N–H and O–H groups in total. The third kappa shape index (κ3) is 4.14. The second-order valence-electron chi connectivity index (χ2n) is 6.16. The molecule has 0 aromatic carbocycles. The van der Waals surface area contributed by atoms with Gasteiger partial charge >= 0.3 is 5.97 Å². The topological polar surface area (TPSA) is 49.3 Å². The quantitative estimate of drug-likeness (QED) is 0.752. The Kier molecular flexibility index (Phi) is 5.92. The third-order valence-corrected chi connectivity index (χ3v) is 5.04. The van der Waals surface area contributed by atoms with Crippen molar-refractivity contribution in [2.45, 2.75) is 71.3 Å². The number of carbonyl (C=O) groups is 1. The van der Waals surface area contributed by atoms with Crippen LogP contribution in [0.1, 0.15) is 59.3 Å². The number of aliphatic carboxylic acids is 1. The molecule has 3 nitrogen and oxygen atoms in total. The van der Waals surface area contributed by atoms with Gasteiger partial charge in [-0.2, -0.15) is 0 Å². The van der Waals surface area contributed by atoms with E-state index in [2.05, 4.69) is 5.32 Å². The van der Waals surface area contributed by atoms with Gasteiger partial charge in [-0.05, 0) is 38.5 Å². The average molecular weight is 291 g/mol. The highest BCUT2D eigenvalue weighted by Crippen LogP contribution is 2.37. The van der Waals surface area contributed by atoms with Gasteiger partial charge in [0.2, 0.25) is 5.92 Å². The monoisotopic (exact) mass is 291 g/mol. The van der Waals surface area contributed by atoms with Crippen LogP contribution in [-0.4, -0.2) is 29.6 Å². The summed E-state index contributed by atoms with van der Waals surface area (Å²) in [5.74, 6) is -3.07. The molecule has 0 spiro atoms. The maximum atomic E-state index is 13.1. The van der Waals surface area contributed by atoms with Crippen molar-refractivity contribution in [2.75, 3.05) is 6.54 Å². The van der Waals surface area contributed by atoms with Crippen LogP contribution >= 0.6 is 0 Å². The molecule has 1 aliphatic rings. The predicted octanol–water partition coefficient (Wildman–Crippen LogP) is 3.68. The maximum absolute atomic E-state index is 13.1. The lowest BCUT2D eigenvalue weighted by atomic mass is 9.80. The molecule has 0 aromatic rings.